The van der Waals surface area contributed by atoms with Gasteiger partial charge in [-0.05, 0) is 69.0 Å². The number of hydrogen-bond acceptors (Lipinski definition) is 5. The van der Waals surface area contributed by atoms with E-state index in [1.807, 2.05) is 0 Å². The van der Waals surface area contributed by atoms with Gasteiger partial charge in [0.05, 0.1) is 57.8 Å². The fourth-order valence-corrected chi connectivity index (χ4v) is 4.16. The summed E-state index contributed by atoms with van der Waals surface area (Å²) in [6.07, 6.45) is 6.38. The lowest BCUT2D eigenvalue weighted by molar-refractivity contribution is 0.0354. The molecule has 168 valence electrons. The van der Waals surface area contributed by atoms with Crippen LogP contribution in [-0.2, 0) is 5.41 Å². The van der Waals surface area contributed by atoms with Crippen LogP contribution in [0.4, 0.5) is 10.1 Å². The number of carbonyl (C=O) groups is 1. The van der Waals surface area contributed by atoms with E-state index in [0.717, 1.165) is 0 Å². The van der Waals surface area contributed by atoms with Crippen LogP contribution in [-0.4, -0.2) is 31.4 Å². The lowest BCUT2D eigenvalue weighted by Gasteiger charge is -2.38. The Morgan fingerprint density at radius 2 is 1.91 bits per heavy atom. The monoisotopic (exact) mass is 445 g/mol. The van der Waals surface area contributed by atoms with Gasteiger partial charge in [-0.2, -0.15) is 10.4 Å². The second-order valence-electron chi connectivity index (χ2n) is 8.42. The van der Waals surface area contributed by atoms with E-state index >= 15 is 0 Å². The molecular weight excluding hydrogens is 421 g/mol. The molecule has 0 spiro atoms. The number of hydrogen-bond donors (Lipinski definition) is 2. The molecule has 1 saturated carbocycles. The molecule has 2 aromatic heterocycles. The first-order chi connectivity index (χ1) is 15.8. The summed E-state index contributed by atoms with van der Waals surface area (Å²) in [6, 6.07) is 11.7. The van der Waals surface area contributed by atoms with Gasteiger partial charge in [0.2, 0.25) is 0 Å². The van der Waals surface area contributed by atoms with Gasteiger partial charge in [0.1, 0.15) is 5.82 Å². The summed E-state index contributed by atoms with van der Waals surface area (Å²) in [5, 5.41) is 27.3. The summed E-state index contributed by atoms with van der Waals surface area (Å²) in [6.45, 7) is 5.45. The van der Waals surface area contributed by atoms with Gasteiger partial charge in [-0.25, -0.2) is 9.07 Å². The first kappa shape index (κ1) is 22.4. The molecule has 1 aromatic carbocycles. The Labute approximate surface area is 191 Å². The predicted molar refractivity (Wildman–Crippen MR) is 121 cm³/mol. The van der Waals surface area contributed by atoms with Gasteiger partial charge < -0.3 is 10.4 Å². The molecule has 1 aliphatic carbocycles. The number of carbonyl (C=O) groups excluding carboxylic acids is 1. The van der Waals surface area contributed by atoms with Crippen LogP contribution < -0.4 is 5.32 Å². The first-order valence-corrected chi connectivity index (χ1v) is 10.6. The number of rotatable bonds is 5. The smallest absolute Gasteiger partial charge is 0.259 e. The normalized spacial score (nSPS) is 22.4. The first-order valence-electron chi connectivity index (χ1n) is 10.6. The number of pyridine rings is 1. The van der Waals surface area contributed by atoms with Crippen molar-refractivity contribution in [3.63, 3.8) is 0 Å². The Morgan fingerprint density at radius 3 is 2.48 bits per heavy atom. The highest BCUT2D eigenvalue weighted by Gasteiger charge is 2.42. The molecule has 0 bridgehead atoms. The molecule has 1 aliphatic rings. The standard InChI is InChI=1S/C25H24FN5O2/c1-3-25(33)12-10-24(16-27,11-13-25)22-9-6-19(14-28-22)30-23(32)21-15-29-31(17(21)2)20-7-4-18(26)5-8-20/h3-9,14-15,33H,1,10-13H2,2H3,(H,30,32). The summed E-state index contributed by atoms with van der Waals surface area (Å²) in [5.41, 5.74) is 1.04. The summed E-state index contributed by atoms with van der Waals surface area (Å²) >= 11 is 0. The topological polar surface area (TPSA) is 104 Å². The minimum absolute atomic E-state index is 0.347. The summed E-state index contributed by atoms with van der Waals surface area (Å²) in [4.78, 5) is 17.3. The second-order valence-corrected chi connectivity index (χ2v) is 8.42. The maximum Gasteiger partial charge on any atom is 0.259 e. The number of nitrogens with one attached hydrogen (secondary N) is 1. The van der Waals surface area contributed by atoms with E-state index in [1.165, 1.54) is 24.5 Å². The Morgan fingerprint density at radius 1 is 1.21 bits per heavy atom. The predicted octanol–water partition coefficient (Wildman–Crippen LogP) is 4.22. The SMILES string of the molecule is C=CC1(O)CCC(C#N)(c2ccc(NC(=O)c3cnn(-c4ccc(F)cc4)c3C)cn2)CC1. The molecule has 1 fully saturated rings. The number of aromatic nitrogens is 3. The van der Waals surface area contributed by atoms with Crippen molar-refractivity contribution in [2.24, 2.45) is 0 Å². The fraction of sp³-hybridized carbons (Fsp3) is 0.280. The minimum Gasteiger partial charge on any atom is -0.386 e. The number of amides is 1. The molecule has 4 rings (SSSR count). The molecule has 7 nitrogen and oxygen atoms in total. The molecule has 0 unspecified atom stereocenters. The van der Waals surface area contributed by atoms with Crippen molar-refractivity contribution in [2.75, 3.05) is 5.32 Å². The quantitative estimate of drug-likeness (QED) is 0.572. The van der Waals surface area contributed by atoms with Crippen LogP contribution in [0, 0.1) is 24.1 Å². The Kier molecular flexibility index (Phi) is 5.83. The number of aliphatic hydroxyl groups is 1. The zero-order valence-corrected chi connectivity index (χ0v) is 18.3. The molecule has 8 heteroatoms. The zero-order chi connectivity index (χ0) is 23.6. The average Bonchev–Trinajstić information content (AvgIpc) is 3.22. The summed E-state index contributed by atoms with van der Waals surface area (Å²) in [5.74, 6) is -0.695. The van der Waals surface area contributed by atoms with Crippen molar-refractivity contribution < 1.29 is 14.3 Å². The highest BCUT2D eigenvalue weighted by atomic mass is 19.1. The van der Waals surface area contributed by atoms with E-state index in [9.17, 15) is 19.6 Å². The maximum absolute atomic E-state index is 13.2. The second kappa shape index (κ2) is 8.60. The largest absolute Gasteiger partial charge is 0.386 e. The highest BCUT2D eigenvalue weighted by molar-refractivity contribution is 6.04. The van der Waals surface area contributed by atoms with Crippen LogP contribution >= 0.6 is 0 Å². The van der Waals surface area contributed by atoms with E-state index in [-0.39, 0.29) is 11.7 Å². The fourth-order valence-electron chi connectivity index (χ4n) is 4.16. The molecule has 2 heterocycles. The Hall–Kier alpha value is -3.83. The van der Waals surface area contributed by atoms with Crippen molar-refractivity contribution in [3.8, 4) is 11.8 Å². The summed E-state index contributed by atoms with van der Waals surface area (Å²) < 4.78 is 14.8. The van der Waals surface area contributed by atoms with Crippen molar-refractivity contribution in [1.82, 2.24) is 14.8 Å². The average molecular weight is 445 g/mol. The van der Waals surface area contributed by atoms with Gasteiger partial charge in [0.25, 0.3) is 5.91 Å². The number of nitrogens with zero attached hydrogens (tertiary/aromatic N) is 4. The van der Waals surface area contributed by atoms with Crippen molar-refractivity contribution in [3.05, 3.63) is 84.2 Å². The van der Waals surface area contributed by atoms with Crippen LogP contribution in [0.3, 0.4) is 0 Å². The van der Waals surface area contributed by atoms with E-state index in [1.54, 1.807) is 41.9 Å². The molecule has 0 aliphatic heterocycles. The van der Waals surface area contributed by atoms with Crippen LogP contribution in [0.2, 0.25) is 0 Å². The van der Waals surface area contributed by atoms with Crippen LogP contribution in [0.15, 0.2) is 61.4 Å². The number of anilines is 1. The minimum atomic E-state index is -0.940. The number of benzene rings is 1. The third-order valence-electron chi connectivity index (χ3n) is 6.40. The van der Waals surface area contributed by atoms with Gasteiger partial charge in [-0.1, -0.05) is 6.08 Å². The highest BCUT2D eigenvalue weighted by Crippen LogP contribution is 2.42. The molecule has 0 atom stereocenters. The number of halogens is 1. The molecule has 33 heavy (non-hydrogen) atoms. The van der Waals surface area contributed by atoms with Crippen molar-refractivity contribution in [1.29, 1.82) is 5.26 Å². The third-order valence-corrected chi connectivity index (χ3v) is 6.40. The van der Waals surface area contributed by atoms with Crippen molar-refractivity contribution in [2.45, 2.75) is 43.6 Å². The van der Waals surface area contributed by atoms with E-state index < -0.39 is 11.0 Å². The zero-order valence-electron chi connectivity index (χ0n) is 18.3. The van der Waals surface area contributed by atoms with Gasteiger partial charge >= 0.3 is 0 Å². The maximum atomic E-state index is 13.2. The molecule has 1 amide bonds. The molecule has 0 saturated heterocycles. The lowest BCUT2D eigenvalue weighted by atomic mass is 9.67. The van der Waals surface area contributed by atoms with Crippen LogP contribution in [0.5, 0.6) is 0 Å². The van der Waals surface area contributed by atoms with Crippen LogP contribution in [0.1, 0.15) is 47.4 Å². The van der Waals surface area contributed by atoms with Crippen molar-refractivity contribution >= 4 is 11.6 Å². The Bertz CT molecular complexity index is 1220. The van der Waals surface area contributed by atoms with Gasteiger partial charge in [-0.3, -0.25) is 9.78 Å². The molecule has 2 N–H and O–H groups in total. The molecule has 3 aromatic rings. The van der Waals surface area contributed by atoms with E-state index in [0.29, 0.717) is 54.0 Å². The van der Waals surface area contributed by atoms with Gasteiger partial charge in [-0.15, -0.1) is 6.58 Å². The van der Waals surface area contributed by atoms with E-state index in [4.69, 9.17) is 0 Å². The third kappa shape index (κ3) is 4.28. The lowest BCUT2D eigenvalue weighted by Crippen LogP contribution is -2.39. The molecular formula is C25H24FN5O2. The Balaban J connectivity index is 1.49. The van der Waals surface area contributed by atoms with Gasteiger partial charge in [0, 0.05) is 0 Å². The van der Waals surface area contributed by atoms with E-state index in [2.05, 4.69) is 28.0 Å². The number of nitriles is 1. The summed E-state index contributed by atoms with van der Waals surface area (Å²) in [7, 11) is 0. The molecule has 0 radical (unpaired) electrons. The van der Waals surface area contributed by atoms with Gasteiger partial charge in [0.15, 0.2) is 0 Å². The van der Waals surface area contributed by atoms with Crippen LogP contribution in [0.25, 0.3) is 5.69 Å².